The number of aliphatic hydroxyl groups excluding tert-OH is 1. The molecule has 0 aromatic heterocycles. The van der Waals surface area contributed by atoms with E-state index < -0.39 is 25.8 Å². The van der Waals surface area contributed by atoms with Crippen LogP contribution in [0.15, 0.2) is 29.2 Å². The molecule has 0 spiro atoms. The van der Waals surface area contributed by atoms with Crippen LogP contribution in [0.3, 0.4) is 0 Å². The average molecular weight is 323 g/mol. The van der Waals surface area contributed by atoms with Crippen LogP contribution in [0.2, 0.25) is 0 Å². The SMILES string of the molecule is O=S(=O)(c1ccc(NC2(CO)CCCC2)cc1)C(F)(F)F. The highest BCUT2D eigenvalue weighted by atomic mass is 32.2. The van der Waals surface area contributed by atoms with Crippen molar-refractivity contribution in [1.82, 2.24) is 0 Å². The zero-order valence-electron chi connectivity index (χ0n) is 11.2. The van der Waals surface area contributed by atoms with Crippen LogP contribution in [0, 0.1) is 0 Å². The number of halogens is 3. The number of alkyl halides is 3. The topological polar surface area (TPSA) is 66.4 Å². The normalized spacial score (nSPS) is 18.7. The lowest BCUT2D eigenvalue weighted by molar-refractivity contribution is -0.0436. The Balaban J connectivity index is 2.20. The Labute approximate surface area is 120 Å². The Bertz CT molecular complexity index is 590. The van der Waals surface area contributed by atoms with E-state index in [4.69, 9.17) is 0 Å². The first-order chi connectivity index (χ1) is 9.70. The van der Waals surface area contributed by atoms with Gasteiger partial charge in [-0.2, -0.15) is 13.2 Å². The van der Waals surface area contributed by atoms with Gasteiger partial charge in [-0.1, -0.05) is 12.8 Å². The third-order valence-electron chi connectivity index (χ3n) is 3.74. The van der Waals surface area contributed by atoms with E-state index in [1.807, 2.05) is 0 Å². The molecule has 1 aliphatic carbocycles. The van der Waals surface area contributed by atoms with Gasteiger partial charge in [-0.05, 0) is 37.1 Å². The lowest BCUT2D eigenvalue weighted by Crippen LogP contribution is -2.38. The van der Waals surface area contributed by atoms with E-state index in [-0.39, 0.29) is 6.61 Å². The zero-order valence-corrected chi connectivity index (χ0v) is 12.0. The third kappa shape index (κ3) is 3.16. The summed E-state index contributed by atoms with van der Waals surface area (Å²) in [6.45, 7) is -0.0738. The van der Waals surface area contributed by atoms with E-state index in [0.717, 1.165) is 37.8 Å². The van der Waals surface area contributed by atoms with Crippen molar-refractivity contribution in [1.29, 1.82) is 0 Å². The van der Waals surface area contributed by atoms with Gasteiger partial charge in [0.2, 0.25) is 0 Å². The smallest absolute Gasteiger partial charge is 0.394 e. The molecule has 118 valence electrons. The standard InChI is InChI=1S/C13H16F3NO3S/c14-13(15,16)21(19,20)11-5-3-10(4-6-11)17-12(9-18)7-1-2-8-12/h3-6,17-18H,1-2,7-9H2. The molecule has 0 saturated heterocycles. The number of anilines is 1. The van der Waals surface area contributed by atoms with Crippen LogP contribution in [0.5, 0.6) is 0 Å². The summed E-state index contributed by atoms with van der Waals surface area (Å²) in [6.07, 6.45) is 3.47. The molecule has 0 heterocycles. The molecule has 2 N–H and O–H groups in total. The summed E-state index contributed by atoms with van der Waals surface area (Å²) < 4.78 is 59.8. The molecule has 1 fully saturated rings. The van der Waals surface area contributed by atoms with Crippen LogP contribution < -0.4 is 5.32 Å². The Morgan fingerprint density at radius 1 is 1.14 bits per heavy atom. The second kappa shape index (κ2) is 5.49. The summed E-state index contributed by atoms with van der Waals surface area (Å²) in [4.78, 5) is -0.787. The molecular formula is C13H16F3NO3S. The van der Waals surface area contributed by atoms with Crippen molar-refractivity contribution in [3.05, 3.63) is 24.3 Å². The van der Waals surface area contributed by atoms with Crippen LogP contribution >= 0.6 is 0 Å². The van der Waals surface area contributed by atoms with E-state index >= 15 is 0 Å². The van der Waals surface area contributed by atoms with Crippen LogP contribution in [0.1, 0.15) is 25.7 Å². The van der Waals surface area contributed by atoms with Crippen LogP contribution in [-0.2, 0) is 9.84 Å². The fourth-order valence-electron chi connectivity index (χ4n) is 2.53. The largest absolute Gasteiger partial charge is 0.501 e. The lowest BCUT2D eigenvalue weighted by atomic mass is 9.98. The Morgan fingerprint density at radius 2 is 1.67 bits per heavy atom. The number of hydrogen-bond donors (Lipinski definition) is 2. The Kier molecular flexibility index (Phi) is 4.21. The summed E-state index contributed by atoms with van der Waals surface area (Å²) in [7, 11) is -5.32. The first-order valence-corrected chi connectivity index (χ1v) is 7.99. The number of rotatable bonds is 4. The van der Waals surface area contributed by atoms with E-state index in [0.29, 0.717) is 5.69 Å². The average Bonchev–Trinajstić information content (AvgIpc) is 2.87. The van der Waals surface area contributed by atoms with Crippen molar-refractivity contribution in [2.24, 2.45) is 0 Å². The highest BCUT2D eigenvalue weighted by Crippen LogP contribution is 2.34. The predicted molar refractivity (Wildman–Crippen MR) is 71.6 cm³/mol. The van der Waals surface area contributed by atoms with Crippen LogP contribution in [-0.4, -0.2) is 31.2 Å². The van der Waals surface area contributed by atoms with Gasteiger partial charge in [-0.25, -0.2) is 8.42 Å². The Morgan fingerprint density at radius 3 is 2.10 bits per heavy atom. The maximum atomic E-state index is 12.4. The summed E-state index contributed by atoms with van der Waals surface area (Å²) in [5.74, 6) is 0. The molecule has 2 rings (SSSR count). The highest BCUT2D eigenvalue weighted by Gasteiger charge is 2.46. The first kappa shape index (κ1) is 16.1. The minimum atomic E-state index is -5.32. The molecule has 0 radical (unpaired) electrons. The van der Waals surface area contributed by atoms with E-state index in [9.17, 15) is 26.7 Å². The minimum absolute atomic E-state index is 0.0738. The molecule has 0 amide bonds. The molecule has 1 aromatic carbocycles. The Hall–Kier alpha value is -1.28. The number of sulfone groups is 1. The van der Waals surface area contributed by atoms with Crippen molar-refractivity contribution < 1.29 is 26.7 Å². The number of aliphatic hydroxyl groups is 1. The monoisotopic (exact) mass is 323 g/mol. The van der Waals surface area contributed by atoms with E-state index in [1.165, 1.54) is 12.1 Å². The van der Waals surface area contributed by atoms with Gasteiger partial charge in [0.1, 0.15) is 0 Å². The van der Waals surface area contributed by atoms with Crippen LogP contribution in [0.4, 0.5) is 18.9 Å². The summed E-state index contributed by atoms with van der Waals surface area (Å²) in [6, 6.07) is 4.42. The molecule has 0 unspecified atom stereocenters. The fraction of sp³-hybridized carbons (Fsp3) is 0.538. The van der Waals surface area contributed by atoms with Gasteiger partial charge in [-0.15, -0.1) is 0 Å². The van der Waals surface area contributed by atoms with Crippen molar-refractivity contribution in [3.8, 4) is 0 Å². The second-order valence-electron chi connectivity index (χ2n) is 5.24. The minimum Gasteiger partial charge on any atom is -0.394 e. The zero-order chi connectivity index (χ0) is 15.7. The quantitative estimate of drug-likeness (QED) is 0.894. The summed E-state index contributed by atoms with van der Waals surface area (Å²) in [5.41, 5.74) is -5.28. The van der Waals surface area contributed by atoms with E-state index in [2.05, 4.69) is 5.32 Å². The number of nitrogens with one attached hydrogen (secondary N) is 1. The fourth-order valence-corrected chi connectivity index (χ4v) is 3.29. The second-order valence-corrected chi connectivity index (χ2v) is 7.19. The molecule has 0 atom stereocenters. The summed E-state index contributed by atoms with van der Waals surface area (Å²) in [5, 5.41) is 12.6. The molecule has 21 heavy (non-hydrogen) atoms. The molecule has 0 bridgehead atoms. The molecule has 1 saturated carbocycles. The maximum Gasteiger partial charge on any atom is 0.501 e. The van der Waals surface area contributed by atoms with Crippen LogP contribution in [0.25, 0.3) is 0 Å². The first-order valence-electron chi connectivity index (χ1n) is 6.51. The molecule has 8 heteroatoms. The van der Waals surface area contributed by atoms with Gasteiger partial charge in [0.05, 0.1) is 17.0 Å². The maximum absolute atomic E-state index is 12.4. The highest BCUT2D eigenvalue weighted by molar-refractivity contribution is 7.92. The van der Waals surface area contributed by atoms with Crippen molar-refractivity contribution >= 4 is 15.5 Å². The molecule has 1 aromatic rings. The molecular weight excluding hydrogens is 307 g/mol. The van der Waals surface area contributed by atoms with Gasteiger partial charge in [-0.3, -0.25) is 0 Å². The number of hydrogen-bond acceptors (Lipinski definition) is 4. The van der Waals surface area contributed by atoms with Crippen molar-refractivity contribution in [2.45, 2.75) is 41.6 Å². The van der Waals surface area contributed by atoms with E-state index in [1.54, 1.807) is 0 Å². The van der Waals surface area contributed by atoms with Crippen molar-refractivity contribution in [3.63, 3.8) is 0 Å². The van der Waals surface area contributed by atoms with Gasteiger partial charge in [0.15, 0.2) is 0 Å². The predicted octanol–water partition coefficient (Wildman–Crippen LogP) is 2.70. The molecule has 1 aliphatic rings. The summed E-state index contributed by atoms with van der Waals surface area (Å²) >= 11 is 0. The molecule has 4 nitrogen and oxygen atoms in total. The van der Waals surface area contributed by atoms with Gasteiger partial charge < -0.3 is 10.4 Å². The van der Waals surface area contributed by atoms with Gasteiger partial charge in [0, 0.05) is 5.69 Å². The molecule has 0 aliphatic heterocycles. The lowest BCUT2D eigenvalue weighted by Gasteiger charge is -2.29. The van der Waals surface area contributed by atoms with Gasteiger partial charge in [0.25, 0.3) is 9.84 Å². The van der Waals surface area contributed by atoms with Gasteiger partial charge >= 0.3 is 5.51 Å². The van der Waals surface area contributed by atoms with Crippen molar-refractivity contribution in [2.75, 3.05) is 11.9 Å². The third-order valence-corrected chi connectivity index (χ3v) is 5.24. The number of benzene rings is 1.